The predicted octanol–water partition coefficient (Wildman–Crippen LogP) is 0.907. The van der Waals surface area contributed by atoms with Crippen LogP contribution in [-0.2, 0) is 25.3 Å². The Hall–Kier alpha value is -1.96. The van der Waals surface area contributed by atoms with E-state index in [-0.39, 0.29) is 16.9 Å². The zero-order valence-corrected chi connectivity index (χ0v) is 14.7. The van der Waals surface area contributed by atoms with Gasteiger partial charge < -0.3 is 0 Å². The van der Waals surface area contributed by atoms with Gasteiger partial charge in [0, 0.05) is 20.5 Å². The van der Waals surface area contributed by atoms with Crippen molar-refractivity contribution in [2.75, 3.05) is 5.75 Å². The molecule has 0 atom stereocenters. The lowest BCUT2D eigenvalue weighted by molar-refractivity contribution is -0.114. The molecule has 23 heavy (non-hydrogen) atoms. The Balaban J connectivity index is 2.80. The summed E-state index contributed by atoms with van der Waals surface area (Å²) in [6.45, 7) is 5.57. The van der Waals surface area contributed by atoms with Crippen LogP contribution in [0.5, 0.6) is 0 Å². The number of ketones is 1. The number of carbonyl (C=O) groups excluding carboxylic acids is 1. The fraction of sp³-hybridized carbons (Fsp3) is 0.533. The van der Waals surface area contributed by atoms with Crippen molar-refractivity contribution in [3.05, 3.63) is 26.7 Å². The molecule has 0 unspecified atom stereocenters. The van der Waals surface area contributed by atoms with E-state index < -0.39 is 11.2 Å². The minimum atomic E-state index is -0.440. The van der Waals surface area contributed by atoms with E-state index in [4.69, 9.17) is 0 Å². The maximum atomic E-state index is 12.5. The molecule has 0 amide bonds. The molecule has 0 saturated heterocycles. The minimum absolute atomic E-state index is 0.00573. The first-order chi connectivity index (χ1) is 10.7. The fourth-order valence-corrected chi connectivity index (χ4v) is 3.04. The van der Waals surface area contributed by atoms with Crippen molar-refractivity contribution in [1.82, 2.24) is 19.1 Å². The zero-order chi connectivity index (χ0) is 17.3. The van der Waals surface area contributed by atoms with Gasteiger partial charge in [-0.2, -0.15) is 0 Å². The van der Waals surface area contributed by atoms with Crippen LogP contribution in [-0.4, -0.2) is 30.6 Å². The molecule has 0 bridgehead atoms. The summed E-state index contributed by atoms with van der Waals surface area (Å²) in [6, 6.07) is 0. The summed E-state index contributed by atoms with van der Waals surface area (Å²) in [4.78, 5) is 44.7. The SMILES string of the molecule is CC(=O)CSc1nc(CC(C)C)nc2c1c(=O)n(C)c(=O)n2C. The molecule has 0 radical (unpaired) electrons. The number of nitrogens with zero attached hydrogens (tertiary/aromatic N) is 4. The second-order valence-corrected chi connectivity index (χ2v) is 6.90. The molecule has 0 fully saturated rings. The van der Waals surface area contributed by atoms with Crippen LogP contribution in [0.2, 0.25) is 0 Å². The van der Waals surface area contributed by atoms with E-state index >= 15 is 0 Å². The molecule has 0 saturated carbocycles. The number of hydrogen-bond acceptors (Lipinski definition) is 6. The summed E-state index contributed by atoms with van der Waals surface area (Å²) in [7, 11) is 3.00. The highest BCUT2D eigenvalue weighted by Gasteiger charge is 2.18. The van der Waals surface area contributed by atoms with Crippen LogP contribution in [0.15, 0.2) is 14.6 Å². The first kappa shape index (κ1) is 17.4. The number of fused-ring (bicyclic) bond motifs is 1. The Kier molecular flexibility index (Phi) is 5.03. The smallest absolute Gasteiger partial charge is 0.299 e. The van der Waals surface area contributed by atoms with E-state index in [9.17, 15) is 14.4 Å². The summed E-state index contributed by atoms with van der Waals surface area (Å²) < 4.78 is 2.38. The Bertz CT molecular complexity index is 883. The number of aromatic nitrogens is 4. The first-order valence-corrected chi connectivity index (χ1v) is 8.29. The number of Topliss-reactive ketones (excluding diaryl/α,β-unsaturated/α-hetero) is 1. The van der Waals surface area contributed by atoms with Crippen molar-refractivity contribution in [3.8, 4) is 0 Å². The molecule has 0 aliphatic rings. The first-order valence-electron chi connectivity index (χ1n) is 7.31. The Labute approximate surface area is 137 Å². The van der Waals surface area contributed by atoms with Gasteiger partial charge in [-0.3, -0.25) is 18.7 Å². The highest BCUT2D eigenvalue weighted by atomic mass is 32.2. The molecule has 0 aromatic carbocycles. The van der Waals surface area contributed by atoms with Gasteiger partial charge >= 0.3 is 5.69 Å². The number of carbonyl (C=O) groups is 1. The third-order valence-electron chi connectivity index (χ3n) is 3.32. The highest BCUT2D eigenvalue weighted by molar-refractivity contribution is 8.00. The molecule has 2 aromatic rings. The highest BCUT2D eigenvalue weighted by Crippen LogP contribution is 2.23. The summed E-state index contributed by atoms with van der Waals surface area (Å²) in [5.74, 6) is 1.12. The normalized spacial score (nSPS) is 11.4. The average Bonchev–Trinajstić information content (AvgIpc) is 2.47. The van der Waals surface area contributed by atoms with Crippen LogP contribution in [0.25, 0.3) is 11.0 Å². The van der Waals surface area contributed by atoms with E-state index in [1.165, 1.54) is 30.3 Å². The molecular formula is C15H20N4O3S. The maximum Gasteiger partial charge on any atom is 0.332 e. The van der Waals surface area contributed by atoms with Crippen LogP contribution >= 0.6 is 11.8 Å². The van der Waals surface area contributed by atoms with E-state index in [0.717, 1.165) is 4.57 Å². The van der Waals surface area contributed by atoms with Crippen molar-refractivity contribution in [3.63, 3.8) is 0 Å². The number of rotatable bonds is 5. The zero-order valence-electron chi connectivity index (χ0n) is 13.9. The van der Waals surface area contributed by atoms with Gasteiger partial charge in [0.1, 0.15) is 22.0 Å². The summed E-state index contributed by atoms with van der Waals surface area (Å²) in [5.41, 5.74) is -0.556. The largest absolute Gasteiger partial charge is 0.332 e. The van der Waals surface area contributed by atoms with Gasteiger partial charge in [-0.25, -0.2) is 14.8 Å². The van der Waals surface area contributed by atoms with Crippen molar-refractivity contribution >= 4 is 28.6 Å². The average molecular weight is 336 g/mol. The lowest BCUT2D eigenvalue weighted by atomic mass is 10.1. The Morgan fingerprint density at radius 1 is 1.17 bits per heavy atom. The third kappa shape index (κ3) is 3.52. The predicted molar refractivity (Wildman–Crippen MR) is 90.0 cm³/mol. The molecule has 0 aliphatic carbocycles. The van der Waals surface area contributed by atoms with Gasteiger partial charge in [0.15, 0.2) is 5.65 Å². The minimum Gasteiger partial charge on any atom is -0.299 e. The maximum absolute atomic E-state index is 12.5. The number of hydrogen-bond donors (Lipinski definition) is 0. The van der Waals surface area contributed by atoms with Crippen LogP contribution in [0.3, 0.4) is 0 Å². The molecule has 8 heteroatoms. The molecule has 2 rings (SSSR count). The Morgan fingerprint density at radius 2 is 1.83 bits per heavy atom. The second kappa shape index (κ2) is 6.66. The van der Waals surface area contributed by atoms with Crippen molar-refractivity contribution in [2.45, 2.75) is 32.2 Å². The molecule has 0 aliphatic heterocycles. The molecule has 2 aromatic heterocycles. The molecule has 0 spiro atoms. The van der Waals surface area contributed by atoms with Crippen LogP contribution in [0.4, 0.5) is 0 Å². The lowest BCUT2D eigenvalue weighted by Crippen LogP contribution is -2.38. The monoisotopic (exact) mass is 336 g/mol. The van der Waals surface area contributed by atoms with Crippen LogP contribution < -0.4 is 11.2 Å². The lowest BCUT2D eigenvalue weighted by Gasteiger charge is -2.12. The molecular weight excluding hydrogens is 316 g/mol. The summed E-state index contributed by atoms with van der Waals surface area (Å²) in [5, 5.41) is 0.741. The molecule has 2 heterocycles. The number of aryl methyl sites for hydroxylation is 1. The van der Waals surface area contributed by atoms with Crippen molar-refractivity contribution in [1.29, 1.82) is 0 Å². The molecule has 7 nitrogen and oxygen atoms in total. The third-order valence-corrected chi connectivity index (χ3v) is 4.44. The topological polar surface area (TPSA) is 86.8 Å². The van der Waals surface area contributed by atoms with Crippen molar-refractivity contribution in [2.24, 2.45) is 20.0 Å². The van der Waals surface area contributed by atoms with Crippen LogP contribution in [0, 0.1) is 5.92 Å². The van der Waals surface area contributed by atoms with Gasteiger partial charge in [-0.1, -0.05) is 25.6 Å². The molecule has 124 valence electrons. The van der Waals surface area contributed by atoms with E-state index in [1.54, 1.807) is 7.05 Å². The van der Waals surface area contributed by atoms with Gasteiger partial charge in [0.05, 0.1) is 5.75 Å². The summed E-state index contributed by atoms with van der Waals surface area (Å²) in [6.07, 6.45) is 0.632. The Morgan fingerprint density at radius 3 is 2.39 bits per heavy atom. The molecule has 0 N–H and O–H groups in total. The fourth-order valence-electron chi connectivity index (χ4n) is 2.20. The van der Waals surface area contributed by atoms with E-state index in [0.29, 0.717) is 28.8 Å². The van der Waals surface area contributed by atoms with Gasteiger partial charge in [0.25, 0.3) is 5.56 Å². The standard InChI is InChI=1S/C15H20N4O3S/c1-8(2)6-10-16-12-11(13(17-10)23-7-9(3)20)14(21)19(5)15(22)18(12)4/h8H,6-7H2,1-5H3. The van der Waals surface area contributed by atoms with Gasteiger partial charge in [-0.15, -0.1) is 0 Å². The van der Waals surface area contributed by atoms with Gasteiger partial charge in [0.2, 0.25) is 0 Å². The van der Waals surface area contributed by atoms with E-state index in [1.807, 2.05) is 13.8 Å². The number of thioether (sulfide) groups is 1. The van der Waals surface area contributed by atoms with Crippen molar-refractivity contribution < 1.29 is 4.79 Å². The second-order valence-electron chi connectivity index (χ2n) is 5.94. The van der Waals surface area contributed by atoms with Gasteiger partial charge in [-0.05, 0) is 12.8 Å². The van der Waals surface area contributed by atoms with Crippen LogP contribution in [0.1, 0.15) is 26.6 Å². The van der Waals surface area contributed by atoms with E-state index in [2.05, 4.69) is 9.97 Å². The summed E-state index contributed by atoms with van der Waals surface area (Å²) >= 11 is 1.21. The quantitative estimate of drug-likeness (QED) is 0.596.